The van der Waals surface area contributed by atoms with E-state index in [1.165, 1.54) is 31.2 Å². The second-order valence-electron chi connectivity index (χ2n) is 7.30. The van der Waals surface area contributed by atoms with E-state index in [-0.39, 0.29) is 5.69 Å². The van der Waals surface area contributed by atoms with Crippen molar-refractivity contribution in [2.45, 2.75) is 38.6 Å². The summed E-state index contributed by atoms with van der Waals surface area (Å²) in [6.07, 6.45) is 8.27. The van der Waals surface area contributed by atoms with Gasteiger partial charge in [-0.3, -0.25) is 4.57 Å². The predicted molar refractivity (Wildman–Crippen MR) is 92.3 cm³/mol. The van der Waals surface area contributed by atoms with Gasteiger partial charge in [0.25, 0.3) is 0 Å². The highest BCUT2D eigenvalue weighted by Crippen LogP contribution is 2.50. The standard InChI is InChI=1S/C19H20N4O/c1-12-2-6-15(7-3-12)22-18-17(10-20-11-21-18)23(19(22)24)16-9-13-4-5-14(16)8-13/h2-3,6-7,10-11,13-14,16H,4-5,8-9H2,1H3. The van der Waals surface area contributed by atoms with Crippen molar-refractivity contribution in [1.82, 2.24) is 19.1 Å². The van der Waals surface area contributed by atoms with Crippen LogP contribution in [0.2, 0.25) is 0 Å². The van der Waals surface area contributed by atoms with Gasteiger partial charge in [0.1, 0.15) is 11.8 Å². The molecule has 0 amide bonds. The average molecular weight is 320 g/mol. The summed E-state index contributed by atoms with van der Waals surface area (Å²) in [5.41, 5.74) is 3.64. The van der Waals surface area contributed by atoms with Crippen LogP contribution in [0.1, 0.15) is 37.3 Å². The Bertz CT molecular complexity index is 969. The van der Waals surface area contributed by atoms with Crippen LogP contribution in [0.15, 0.2) is 41.6 Å². The first-order valence-corrected chi connectivity index (χ1v) is 8.72. The molecule has 3 aromatic rings. The molecule has 24 heavy (non-hydrogen) atoms. The van der Waals surface area contributed by atoms with Gasteiger partial charge in [0.05, 0.1) is 11.9 Å². The van der Waals surface area contributed by atoms with Crippen molar-refractivity contribution in [3.05, 3.63) is 52.8 Å². The molecule has 3 unspecified atom stereocenters. The molecular formula is C19H20N4O. The van der Waals surface area contributed by atoms with Crippen LogP contribution in [0.25, 0.3) is 16.9 Å². The van der Waals surface area contributed by atoms with Gasteiger partial charge in [-0.15, -0.1) is 0 Å². The van der Waals surface area contributed by atoms with E-state index in [1.54, 1.807) is 10.8 Å². The molecule has 1 aromatic carbocycles. The zero-order valence-electron chi connectivity index (χ0n) is 13.7. The van der Waals surface area contributed by atoms with Gasteiger partial charge in [-0.25, -0.2) is 19.3 Å². The number of fused-ring (bicyclic) bond motifs is 3. The third-order valence-electron chi connectivity index (χ3n) is 5.87. The Kier molecular flexibility index (Phi) is 2.93. The zero-order valence-corrected chi connectivity index (χ0v) is 13.7. The van der Waals surface area contributed by atoms with Gasteiger partial charge in [-0.1, -0.05) is 24.1 Å². The van der Waals surface area contributed by atoms with Gasteiger partial charge >= 0.3 is 5.69 Å². The number of aryl methyl sites for hydroxylation is 1. The molecule has 0 saturated heterocycles. The monoisotopic (exact) mass is 320 g/mol. The topological polar surface area (TPSA) is 52.7 Å². The van der Waals surface area contributed by atoms with Crippen LogP contribution in [-0.2, 0) is 0 Å². The van der Waals surface area contributed by atoms with Crippen LogP contribution in [0.3, 0.4) is 0 Å². The maximum atomic E-state index is 13.3. The normalized spacial score (nSPS) is 25.6. The van der Waals surface area contributed by atoms with Crippen molar-refractivity contribution >= 4 is 11.2 Å². The summed E-state index contributed by atoms with van der Waals surface area (Å²) in [6, 6.07) is 8.34. The molecule has 2 bridgehead atoms. The van der Waals surface area contributed by atoms with Crippen LogP contribution in [0.4, 0.5) is 0 Å². The van der Waals surface area contributed by atoms with E-state index in [4.69, 9.17) is 0 Å². The molecule has 5 heteroatoms. The molecule has 2 aliphatic carbocycles. The van der Waals surface area contributed by atoms with E-state index in [0.29, 0.717) is 17.6 Å². The maximum Gasteiger partial charge on any atom is 0.335 e. The Labute approximate surface area is 140 Å². The lowest BCUT2D eigenvalue weighted by Crippen LogP contribution is -2.29. The highest BCUT2D eigenvalue weighted by atomic mass is 16.1. The van der Waals surface area contributed by atoms with Crippen LogP contribution in [0, 0.1) is 18.8 Å². The molecule has 5 nitrogen and oxygen atoms in total. The number of benzene rings is 1. The first-order valence-electron chi connectivity index (χ1n) is 8.72. The summed E-state index contributed by atoms with van der Waals surface area (Å²) in [4.78, 5) is 21.9. The van der Waals surface area contributed by atoms with Gasteiger partial charge in [0.2, 0.25) is 0 Å². The van der Waals surface area contributed by atoms with E-state index < -0.39 is 0 Å². The summed E-state index contributed by atoms with van der Waals surface area (Å²) in [5.74, 6) is 1.42. The fourth-order valence-corrected chi connectivity index (χ4v) is 4.73. The lowest BCUT2D eigenvalue weighted by molar-refractivity contribution is 0.329. The van der Waals surface area contributed by atoms with E-state index in [9.17, 15) is 4.79 Å². The SMILES string of the molecule is Cc1ccc(-n2c(=O)n(C3CC4CCC3C4)c3cncnc32)cc1. The molecule has 3 atom stereocenters. The Balaban J connectivity index is 1.75. The second-order valence-corrected chi connectivity index (χ2v) is 7.30. The molecule has 5 rings (SSSR count). The fraction of sp³-hybridized carbons (Fsp3) is 0.421. The first kappa shape index (κ1) is 14.0. The van der Waals surface area contributed by atoms with E-state index >= 15 is 0 Å². The number of rotatable bonds is 2. The number of hydrogen-bond acceptors (Lipinski definition) is 3. The van der Waals surface area contributed by atoms with E-state index in [1.807, 2.05) is 35.8 Å². The Morgan fingerprint density at radius 2 is 1.96 bits per heavy atom. The molecule has 2 saturated carbocycles. The maximum absolute atomic E-state index is 13.3. The minimum atomic E-state index is 0.0203. The van der Waals surface area contributed by atoms with E-state index in [0.717, 1.165) is 23.5 Å². The van der Waals surface area contributed by atoms with Gasteiger partial charge in [-0.2, -0.15) is 0 Å². The minimum Gasteiger partial charge on any atom is -0.285 e. The van der Waals surface area contributed by atoms with Crippen molar-refractivity contribution in [1.29, 1.82) is 0 Å². The number of nitrogens with zero attached hydrogens (tertiary/aromatic N) is 4. The van der Waals surface area contributed by atoms with Crippen molar-refractivity contribution in [3.63, 3.8) is 0 Å². The van der Waals surface area contributed by atoms with Crippen LogP contribution in [0.5, 0.6) is 0 Å². The highest BCUT2D eigenvalue weighted by Gasteiger charge is 2.42. The quantitative estimate of drug-likeness (QED) is 0.728. The molecule has 0 spiro atoms. The molecule has 0 radical (unpaired) electrons. The summed E-state index contributed by atoms with van der Waals surface area (Å²) >= 11 is 0. The second kappa shape index (κ2) is 5.03. The third-order valence-corrected chi connectivity index (χ3v) is 5.87. The fourth-order valence-electron chi connectivity index (χ4n) is 4.73. The van der Waals surface area contributed by atoms with Crippen molar-refractivity contribution in [2.75, 3.05) is 0 Å². The van der Waals surface area contributed by atoms with Crippen LogP contribution < -0.4 is 5.69 Å². The lowest BCUT2D eigenvalue weighted by atomic mass is 9.95. The molecule has 2 heterocycles. The highest BCUT2D eigenvalue weighted by molar-refractivity contribution is 5.73. The Morgan fingerprint density at radius 1 is 1.12 bits per heavy atom. The number of aromatic nitrogens is 4. The van der Waals surface area contributed by atoms with Crippen molar-refractivity contribution in [3.8, 4) is 5.69 Å². The Hall–Kier alpha value is -2.43. The molecule has 0 aliphatic heterocycles. The van der Waals surface area contributed by atoms with E-state index in [2.05, 4.69) is 9.97 Å². The van der Waals surface area contributed by atoms with Gasteiger partial charge in [0.15, 0.2) is 5.65 Å². The largest absolute Gasteiger partial charge is 0.335 e. The van der Waals surface area contributed by atoms with Crippen molar-refractivity contribution in [2.24, 2.45) is 11.8 Å². The summed E-state index contributed by atoms with van der Waals surface area (Å²) in [7, 11) is 0. The summed E-state index contributed by atoms with van der Waals surface area (Å²) in [6.45, 7) is 2.05. The van der Waals surface area contributed by atoms with Crippen LogP contribution >= 0.6 is 0 Å². The summed E-state index contributed by atoms with van der Waals surface area (Å²) < 4.78 is 3.71. The molecule has 0 N–H and O–H groups in total. The zero-order chi connectivity index (χ0) is 16.3. The van der Waals surface area contributed by atoms with Gasteiger partial charge < -0.3 is 0 Å². The summed E-state index contributed by atoms with van der Waals surface area (Å²) in [5, 5.41) is 0. The molecule has 2 aliphatic rings. The molecule has 2 aromatic heterocycles. The van der Waals surface area contributed by atoms with Gasteiger partial charge in [0, 0.05) is 6.04 Å². The average Bonchev–Trinajstić information content (AvgIpc) is 3.28. The third kappa shape index (κ3) is 1.90. The molecule has 2 fully saturated rings. The predicted octanol–water partition coefficient (Wildman–Crippen LogP) is 3.25. The minimum absolute atomic E-state index is 0.0203. The number of hydrogen-bond donors (Lipinski definition) is 0. The van der Waals surface area contributed by atoms with Crippen LogP contribution in [-0.4, -0.2) is 19.1 Å². The Morgan fingerprint density at radius 3 is 2.67 bits per heavy atom. The first-order chi connectivity index (χ1) is 11.7. The number of imidazole rings is 1. The molecular weight excluding hydrogens is 300 g/mol. The lowest BCUT2D eigenvalue weighted by Gasteiger charge is -2.22. The smallest absolute Gasteiger partial charge is 0.285 e. The molecule has 122 valence electrons. The van der Waals surface area contributed by atoms with Crippen molar-refractivity contribution < 1.29 is 0 Å². The van der Waals surface area contributed by atoms with Gasteiger partial charge in [-0.05, 0) is 50.2 Å².